The largest absolute Gasteiger partial charge is 0.313 e. The molecule has 0 radical (unpaired) electrons. The molecule has 0 unspecified atom stereocenters. The number of nitrogens with one attached hydrogen (secondary N) is 1. The lowest BCUT2D eigenvalue weighted by molar-refractivity contribution is 0.598. The van der Waals surface area contributed by atoms with Gasteiger partial charge in [-0.2, -0.15) is 5.10 Å². The number of aromatic nitrogens is 2. The third-order valence-electron chi connectivity index (χ3n) is 3.42. The molecule has 3 nitrogen and oxygen atoms in total. The van der Waals surface area contributed by atoms with Crippen LogP contribution < -0.4 is 5.32 Å². The van der Waals surface area contributed by atoms with Crippen molar-refractivity contribution in [2.24, 2.45) is 0 Å². The van der Waals surface area contributed by atoms with Gasteiger partial charge in [-0.3, -0.25) is 4.68 Å². The molecule has 0 aliphatic rings. The number of nitrogens with zero attached hydrogens (tertiary/aromatic N) is 2. The molecule has 3 heteroatoms. The molecule has 2 aromatic rings. The van der Waals surface area contributed by atoms with Crippen molar-refractivity contribution in [1.82, 2.24) is 15.1 Å². The van der Waals surface area contributed by atoms with E-state index in [0.29, 0.717) is 0 Å². The van der Waals surface area contributed by atoms with Crippen LogP contribution in [0, 0.1) is 6.92 Å². The van der Waals surface area contributed by atoms with Crippen molar-refractivity contribution in [2.45, 2.75) is 46.7 Å². The number of benzene rings is 1. The molecule has 20 heavy (non-hydrogen) atoms. The van der Waals surface area contributed by atoms with Crippen LogP contribution in [0.3, 0.4) is 0 Å². The Bertz CT molecular complexity index is 526. The molecule has 0 saturated heterocycles. The minimum Gasteiger partial charge on any atom is -0.313 e. The Kier molecular flexibility index (Phi) is 5.36. The summed E-state index contributed by atoms with van der Waals surface area (Å²) in [5.41, 5.74) is 4.94. The SMILES string of the molecule is CCCNCc1ccc(-c2cn(CCC)nc2C)cc1. The van der Waals surface area contributed by atoms with Gasteiger partial charge >= 0.3 is 0 Å². The quantitative estimate of drug-likeness (QED) is 0.777. The zero-order chi connectivity index (χ0) is 14.4. The first kappa shape index (κ1) is 14.8. The van der Waals surface area contributed by atoms with Gasteiger partial charge in [0.1, 0.15) is 0 Å². The molecule has 0 aliphatic heterocycles. The summed E-state index contributed by atoms with van der Waals surface area (Å²) >= 11 is 0. The maximum absolute atomic E-state index is 4.56. The molecule has 0 amide bonds. The molecular formula is C17H25N3. The first-order valence-electron chi connectivity index (χ1n) is 7.58. The molecule has 1 heterocycles. The summed E-state index contributed by atoms with van der Waals surface area (Å²) in [5.74, 6) is 0. The fourth-order valence-corrected chi connectivity index (χ4v) is 2.36. The number of hydrogen-bond acceptors (Lipinski definition) is 2. The molecule has 0 saturated carbocycles. The third kappa shape index (κ3) is 3.70. The van der Waals surface area contributed by atoms with E-state index in [1.54, 1.807) is 0 Å². The molecule has 1 aromatic carbocycles. The van der Waals surface area contributed by atoms with Gasteiger partial charge in [-0.1, -0.05) is 38.1 Å². The van der Waals surface area contributed by atoms with Gasteiger partial charge in [-0.25, -0.2) is 0 Å². The molecule has 1 aromatic heterocycles. The second kappa shape index (κ2) is 7.25. The summed E-state index contributed by atoms with van der Waals surface area (Å²) < 4.78 is 2.04. The summed E-state index contributed by atoms with van der Waals surface area (Å²) in [5, 5.41) is 7.99. The van der Waals surface area contributed by atoms with E-state index in [0.717, 1.165) is 31.7 Å². The first-order chi connectivity index (χ1) is 9.74. The second-order valence-electron chi connectivity index (χ2n) is 5.26. The van der Waals surface area contributed by atoms with E-state index in [-0.39, 0.29) is 0 Å². The van der Waals surface area contributed by atoms with Crippen molar-refractivity contribution in [3.05, 3.63) is 41.7 Å². The van der Waals surface area contributed by atoms with Gasteiger partial charge in [0.05, 0.1) is 5.69 Å². The topological polar surface area (TPSA) is 29.9 Å². The highest BCUT2D eigenvalue weighted by Gasteiger charge is 2.06. The Morgan fingerprint density at radius 2 is 1.85 bits per heavy atom. The van der Waals surface area contributed by atoms with Gasteiger partial charge in [0, 0.05) is 24.8 Å². The van der Waals surface area contributed by atoms with E-state index in [4.69, 9.17) is 0 Å². The van der Waals surface area contributed by atoms with Gasteiger partial charge in [0.25, 0.3) is 0 Å². The number of aryl methyl sites for hydroxylation is 2. The van der Waals surface area contributed by atoms with Crippen molar-refractivity contribution in [3.8, 4) is 11.1 Å². The average Bonchev–Trinajstić information content (AvgIpc) is 2.81. The van der Waals surface area contributed by atoms with Crippen LogP contribution in [-0.2, 0) is 13.1 Å². The van der Waals surface area contributed by atoms with Crippen LogP contribution in [-0.4, -0.2) is 16.3 Å². The van der Waals surface area contributed by atoms with Crippen molar-refractivity contribution < 1.29 is 0 Å². The predicted molar refractivity (Wildman–Crippen MR) is 84.7 cm³/mol. The summed E-state index contributed by atoms with van der Waals surface area (Å²) in [6.45, 7) is 9.45. The van der Waals surface area contributed by atoms with Crippen molar-refractivity contribution in [1.29, 1.82) is 0 Å². The minimum atomic E-state index is 0.947. The lowest BCUT2D eigenvalue weighted by Crippen LogP contribution is -2.13. The maximum Gasteiger partial charge on any atom is 0.0672 e. The third-order valence-corrected chi connectivity index (χ3v) is 3.42. The van der Waals surface area contributed by atoms with Crippen molar-refractivity contribution >= 4 is 0 Å². The van der Waals surface area contributed by atoms with E-state index in [2.05, 4.69) is 61.6 Å². The smallest absolute Gasteiger partial charge is 0.0672 e. The van der Waals surface area contributed by atoms with E-state index in [1.807, 2.05) is 4.68 Å². The molecular weight excluding hydrogens is 246 g/mol. The molecule has 0 bridgehead atoms. The van der Waals surface area contributed by atoms with Crippen LogP contribution in [0.5, 0.6) is 0 Å². The highest BCUT2D eigenvalue weighted by Crippen LogP contribution is 2.23. The summed E-state index contributed by atoms with van der Waals surface area (Å²) in [7, 11) is 0. The van der Waals surface area contributed by atoms with Crippen LogP contribution in [0.2, 0.25) is 0 Å². The number of rotatable bonds is 7. The molecule has 0 aliphatic carbocycles. The second-order valence-corrected chi connectivity index (χ2v) is 5.26. The minimum absolute atomic E-state index is 0.947. The van der Waals surface area contributed by atoms with Crippen LogP contribution in [0.25, 0.3) is 11.1 Å². The number of hydrogen-bond donors (Lipinski definition) is 1. The van der Waals surface area contributed by atoms with Gasteiger partial charge in [-0.05, 0) is 37.4 Å². The average molecular weight is 271 g/mol. The Balaban J connectivity index is 2.09. The fraction of sp³-hybridized carbons (Fsp3) is 0.471. The van der Waals surface area contributed by atoms with E-state index < -0.39 is 0 Å². The highest BCUT2D eigenvalue weighted by atomic mass is 15.3. The Hall–Kier alpha value is -1.61. The van der Waals surface area contributed by atoms with Crippen molar-refractivity contribution in [2.75, 3.05) is 6.54 Å². The van der Waals surface area contributed by atoms with E-state index in [9.17, 15) is 0 Å². The van der Waals surface area contributed by atoms with Gasteiger partial charge in [-0.15, -0.1) is 0 Å². The van der Waals surface area contributed by atoms with Crippen LogP contribution in [0.4, 0.5) is 0 Å². The fourth-order valence-electron chi connectivity index (χ4n) is 2.36. The predicted octanol–water partition coefficient (Wildman–Crippen LogP) is 3.77. The van der Waals surface area contributed by atoms with Gasteiger partial charge < -0.3 is 5.32 Å². The Morgan fingerprint density at radius 3 is 2.50 bits per heavy atom. The molecule has 2 rings (SSSR count). The van der Waals surface area contributed by atoms with Crippen molar-refractivity contribution in [3.63, 3.8) is 0 Å². The summed E-state index contributed by atoms with van der Waals surface area (Å²) in [4.78, 5) is 0. The zero-order valence-corrected chi connectivity index (χ0v) is 12.8. The first-order valence-corrected chi connectivity index (χ1v) is 7.58. The lowest BCUT2D eigenvalue weighted by atomic mass is 10.0. The molecule has 1 N–H and O–H groups in total. The van der Waals surface area contributed by atoms with Gasteiger partial charge in [0.2, 0.25) is 0 Å². The zero-order valence-electron chi connectivity index (χ0n) is 12.8. The summed E-state index contributed by atoms with van der Waals surface area (Å²) in [6.07, 6.45) is 4.44. The van der Waals surface area contributed by atoms with Crippen LogP contribution >= 0.6 is 0 Å². The van der Waals surface area contributed by atoms with E-state index >= 15 is 0 Å². The molecule has 108 valence electrons. The molecule has 0 fully saturated rings. The van der Waals surface area contributed by atoms with E-state index in [1.165, 1.54) is 23.1 Å². The standard InChI is InChI=1S/C17H25N3/c1-4-10-18-12-15-6-8-16(9-7-15)17-13-20(11-5-2)19-14(17)3/h6-9,13,18H,4-5,10-12H2,1-3H3. The Morgan fingerprint density at radius 1 is 1.10 bits per heavy atom. The van der Waals surface area contributed by atoms with Crippen LogP contribution in [0.1, 0.15) is 37.9 Å². The Labute approximate surface area is 122 Å². The van der Waals surface area contributed by atoms with Gasteiger partial charge in [0.15, 0.2) is 0 Å². The summed E-state index contributed by atoms with van der Waals surface area (Å²) in [6, 6.07) is 8.80. The van der Waals surface area contributed by atoms with Crippen LogP contribution in [0.15, 0.2) is 30.5 Å². The molecule has 0 spiro atoms. The lowest BCUT2D eigenvalue weighted by Gasteiger charge is -2.05. The molecule has 0 atom stereocenters. The maximum atomic E-state index is 4.56. The monoisotopic (exact) mass is 271 g/mol. The highest BCUT2D eigenvalue weighted by molar-refractivity contribution is 5.65. The normalized spacial score (nSPS) is 10.9.